The number of hydrogen-bond donors (Lipinski definition) is 2. The van der Waals surface area contributed by atoms with Crippen molar-refractivity contribution in [1.82, 2.24) is 5.32 Å². The molecule has 0 spiro atoms. The van der Waals surface area contributed by atoms with Crippen LogP contribution in [0.3, 0.4) is 0 Å². The van der Waals surface area contributed by atoms with Crippen LogP contribution in [0.2, 0.25) is 0 Å². The van der Waals surface area contributed by atoms with Gasteiger partial charge in [-0.05, 0) is 32.0 Å². The Morgan fingerprint density at radius 2 is 2.28 bits per heavy atom. The van der Waals surface area contributed by atoms with E-state index in [-0.39, 0.29) is 18.9 Å². The molecule has 1 amide bonds. The Balaban J connectivity index is 2.59. The number of ether oxygens (including phenoxy) is 1. The summed E-state index contributed by atoms with van der Waals surface area (Å²) in [5, 5.41) is 12.1. The van der Waals surface area contributed by atoms with E-state index in [4.69, 9.17) is 4.74 Å². The Kier molecular flexibility index (Phi) is 5.58. The number of rotatable bonds is 6. The van der Waals surface area contributed by atoms with Crippen LogP contribution in [0.25, 0.3) is 0 Å². The van der Waals surface area contributed by atoms with E-state index in [1.54, 1.807) is 0 Å². The third-order valence-electron chi connectivity index (χ3n) is 2.38. The average Bonchev–Trinajstić information content (AvgIpc) is 2.31. The first kappa shape index (κ1) is 14.4. The molecule has 0 aliphatic carbocycles. The number of nitrogens with one attached hydrogen (secondary N) is 1. The minimum atomic E-state index is -0.819. The highest BCUT2D eigenvalue weighted by atomic mass is 19.1. The summed E-state index contributed by atoms with van der Waals surface area (Å²) in [6.07, 6.45) is -0.593. The van der Waals surface area contributed by atoms with Crippen LogP contribution in [0.4, 0.5) is 4.39 Å². The van der Waals surface area contributed by atoms with Crippen molar-refractivity contribution in [3.8, 4) is 5.75 Å². The van der Waals surface area contributed by atoms with E-state index in [2.05, 4.69) is 5.32 Å². The lowest BCUT2D eigenvalue weighted by atomic mass is 10.1. The van der Waals surface area contributed by atoms with Gasteiger partial charge in [0.15, 0.2) is 0 Å². The zero-order valence-electron chi connectivity index (χ0n) is 10.6. The minimum Gasteiger partial charge on any atom is -0.493 e. The normalized spacial score (nSPS) is 12.0. The summed E-state index contributed by atoms with van der Waals surface area (Å²) in [6, 6.07) is 3.94. The van der Waals surface area contributed by atoms with Gasteiger partial charge in [-0.3, -0.25) is 4.79 Å². The van der Waals surface area contributed by atoms with Gasteiger partial charge in [0, 0.05) is 12.1 Å². The molecule has 2 N–H and O–H groups in total. The van der Waals surface area contributed by atoms with Crippen LogP contribution in [0.5, 0.6) is 5.75 Å². The maximum Gasteiger partial charge on any atom is 0.223 e. The predicted octanol–water partition coefficient (Wildman–Crippen LogP) is 1.78. The number of benzene rings is 1. The van der Waals surface area contributed by atoms with Crippen LogP contribution in [-0.4, -0.2) is 24.2 Å². The van der Waals surface area contributed by atoms with Crippen molar-refractivity contribution in [3.63, 3.8) is 0 Å². The first-order valence-electron chi connectivity index (χ1n) is 5.91. The molecule has 1 rings (SSSR count). The Bertz CT molecular complexity index is 407. The number of aliphatic hydroxyl groups is 1. The summed E-state index contributed by atoms with van der Waals surface area (Å²) in [5.41, 5.74) is 0.380. The zero-order chi connectivity index (χ0) is 13.5. The van der Waals surface area contributed by atoms with Gasteiger partial charge in [-0.15, -0.1) is 0 Å². The van der Waals surface area contributed by atoms with Gasteiger partial charge in [0.25, 0.3) is 0 Å². The molecular weight excluding hydrogens is 237 g/mol. The number of halogens is 1. The molecule has 0 aliphatic heterocycles. The van der Waals surface area contributed by atoms with E-state index in [9.17, 15) is 14.3 Å². The molecular formula is C13H18FNO3. The summed E-state index contributed by atoms with van der Waals surface area (Å²) in [5.74, 6) is -0.129. The second kappa shape index (κ2) is 6.96. The van der Waals surface area contributed by atoms with Crippen molar-refractivity contribution in [2.24, 2.45) is 0 Å². The molecule has 1 unspecified atom stereocenters. The molecule has 0 fully saturated rings. The fourth-order valence-corrected chi connectivity index (χ4v) is 1.52. The molecule has 0 aromatic heterocycles. The molecule has 4 nitrogen and oxygen atoms in total. The number of carbonyl (C=O) groups is 1. The van der Waals surface area contributed by atoms with Crippen molar-refractivity contribution in [2.75, 3.05) is 13.2 Å². The SMILES string of the molecule is CCNC(=O)CCOc1ccc(F)cc1C(C)O. The molecule has 5 heteroatoms. The highest BCUT2D eigenvalue weighted by Gasteiger charge is 2.11. The average molecular weight is 255 g/mol. The maximum atomic E-state index is 13.0. The van der Waals surface area contributed by atoms with E-state index >= 15 is 0 Å². The van der Waals surface area contributed by atoms with Crippen LogP contribution >= 0.6 is 0 Å². The second-order valence-electron chi connectivity index (χ2n) is 3.91. The molecule has 0 saturated heterocycles. The van der Waals surface area contributed by atoms with Crippen molar-refractivity contribution >= 4 is 5.91 Å². The summed E-state index contributed by atoms with van der Waals surface area (Å²) in [4.78, 5) is 11.2. The number of aliphatic hydroxyl groups excluding tert-OH is 1. The molecule has 18 heavy (non-hydrogen) atoms. The number of hydrogen-bond acceptors (Lipinski definition) is 3. The molecule has 100 valence electrons. The predicted molar refractivity (Wildman–Crippen MR) is 65.8 cm³/mol. The van der Waals surface area contributed by atoms with E-state index < -0.39 is 11.9 Å². The summed E-state index contributed by atoms with van der Waals surface area (Å²) in [7, 11) is 0. The zero-order valence-corrected chi connectivity index (χ0v) is 10.6. The topological polar surface area (TPSA) is 58.6 Å². The Hall–Kier alpha value is -1.62. The monoisotopic (exact) mass is 255 g/mol. The Labute approximate surface area is 106 Å². The van der Waals surface area contributed by atoms with E-state index in [0.29, 0.717) is 17.9 Å². The lowest BCUT2D eigenvalue weighted by molar-refractivity contribution is -0.121. The summed E-state index contributed by atoms with van der Waals surface area (Å²) in [6.45, 7) is 4.14. The van der Waals surface area contributed by atoms with Crippen molar-refractivity contribution in [1.29, 1.82) is 0 Å². The largest absolute Gasteiger partial charge is 0.493 e. The smallest absolute Gasteiger partial charge is 0.223 e. The van der Waals surface area contributed by atoms with E-state index in [0.717, 1.165) is 0 Å². The van der Waals surface area contributed by atoms with Gasteiger partial charge in [0.1, 0.15) is 11.6 Å². The van der Waals surface area contributed by atoms with Gasteiger partial charge in [-0.1, -0.05) is 0 Å². The first-order valence-corrected chi connectivity index (χ1v) is 5.91. The van der Waals surface area contributed by atoms with Crippen molar-refractivity contribution in [2.45, 2.75) is 26.4 Å². The first-order chi connectivity index (χ1) is 8.54. The molecule has 0 aliphatic rings. The third kappa shape index (κ3) is 4.33. The summed E-state index contributed by atoms with van der Waals surface area (Å²) < 4.78 is 18.4. The standard InChI is InChI=1S/C13H18FNO3/c1-3-15-13(17)6-7-18-12-5-4-10(14)8-11(12)9(2)16/h4-5,8-9,16H,3,6-7H2,1-2H3,(H,15,17). The highest BCUT2D eigenvalue weighted by molar-refractivity contribution is 5.75. The van der Waals surface area contributed by atoms with Crippen molar-refractivity contribution < 1.29 is 19.0 Å². The molecule has 1 atom stereocenters. The minimum absolute atomic E-state index is 0.0989. The molecule has 0 radical (unpaired) electrons. The van der Waals surface area contributed by atoms with Gasteiger partial charge in [0.05, 0.1) is 19.1 Å². The van der Waals surface area contributed by atoms with Crippen LogP contribution in [0.1, 0.15) is 31.9 Å². The molecule has 1 aromatic rings. The number of carbonyl (C=O) groups excluding carboxylic acids is 1. The lowest BCUT2D eigenvalue weighted by Gasteiger charge is -2.13. The van der Waals surface area contributed by atoms with Gasteiger partial charge in [-0.25, -0.2) is 4.39 Å². The van der Waals surface area contributed by atoms with E-state index in [1.165, 1.54) is 25.1 Å². The van der Waals surface area contributed by atoms with Crippen LogP contribution in [-0.2, 0) is 4.79 Å². The van der Waals surface area contributed by atoms with E-state index in [1.807, 2.05) is 6.92 Å². The second-order valence-corrected chi connectivity index (χ2v) is 3.91. The van der Waals surface area contributed by atoms with Gasteiger partial charge in [0.2, 0.25) is 5.91 Å². The lowest BCUT2D eigenvalue weighted by Crippen LogP contribution is -2.24. The summed E-state index contributed by atoms with van der Waals surface area (Å²) >= 11 is 0. The van der Waals surface area contributed by atoms with Crippen LogP contribution in [0.15, 0.2) is 18.2 Å². The number of amides is 1. The highest BCUT2D eigenvalue weighted by Crippen LogP contribution is 2.25. The van der Waals surface area contributed by atoms with Crippen molar-refractivity contribution in [3.05, 3.63) is 29.6 Å². The van der Waals surface area contributed by atoms with Gasteiger partial charge < -0.3 is 15.2 Å². The Morgan fingerprint density at radius 1 is 1.56 bits per heavy atom. The van der Waals surface area contributed by atoms with Gasteiger partial charge >= 0.3 is 0 Å². The molecule has 1 aromatic carbocycles. The fourth-order valence-electron chi connectivity index (χ4n) is 1.52. The Morgan fingerprint density at radius 3 is 2.89 bits per heavy atom. The maximum absolute atomic E-state index is 13.0. The molecule has 0 heterocycles. The molecule has 0 saturated carbocycles. The third-order valence-corrected chi connectivity index (χ3v) is 2.38. The van der Waals surface area contributed by atoms with Crippen LogP contribution < -0.4 is 10.1 Å². The van der Waals surface area contributed by atoms with Gasteiger partial charge in [-0.2, -0.15) is 0 Å². The quantitative estimate of drug-likeness (QED) is 0.814. The molecule has 0 bridgehead atoms. The fraction of sp³-hybridized carbons (Fsp3) is 0.462. The van der Waals surface area contributed by atoms with Crippen LogP contribution in [0, 0.1) is 5.82 Å².